The van der Waals surface area contributed by atoms with Gasteiger partial charge in [0.25, 0.3) is 0 Å². The van der Waals surface area contributed by atoms with Crippen LogP contribution in [0.5, 0.6) is 0 Å². The molecule has 3 rings (SSSR count). The minimum atomic E-state index is -0.176. The summed E-state index contributed by atoms with van der Waals surface area (Å²) in [5.41, 5.74) is 0.653. The molecule has 2 saturated heterocycles. The first-order valence-corrected chi connectivity index (χ1v) is 8.14. The van der Waals surface area contributed by atoms with Crippen LogP contribution in [0.25, 0.3) is 0 Å². The molecule has 2 fully saturated rings. The normalized spacial score (nSPS) is 25.4. The molecule has 2 aliphatic heterocycles. The molecule has 1 aromatic carbocycles. The number of nitrogens with one attached hydrogen (secondary N) is 2. The van der Waals surface area contributed by atoms with Crippen molar-refractivity contribution in [3.8, 4) is 0 Å². The Hall–Kier alpha value is -0.970. The molecule has 0 aliphatic carbocycles. The van der Waals surface area contributed by atoms with Crippen molar-refractivity contribution >= 4 is 34.9 Å². The maximum atomic E-state index is 12.1. The fourth-order valence-electron chi connectivity index (χ4n) is 3.28. The van der Waals surface area contributed by atoms with Crippen molar-refractivity contribution in [2.24, 2.45) is 0 Å². The number of anilines is 1. The smallest absolute Gasteiger partial charge is 0.319 e. The first kappa shape index (κ1) is 14.9. The second-order valence-electron chi connectivity index (χ2n) is 5.78. The molecule has 2 amide bonds. The van der Waals surface area contributed by atoms with Crippen LogP contribution in [0, 0.1) is 0 Å². The predicted octanol–water partition coefficient (Wildman–Crippen LogP) is 3.74. The molecule has 2 aliphatic rings. The zero-order valence-electron chi connectivity index (χ0n) is 11.7. The van der Waals surface area contributed by atoms with E-state index in [0.717, 1.165) is 19.4 Å². The summed E-state index contributed by atoms with van der Waals surface area (Å²) in [5.74, 6) is 0. The Labute approximate surface area is 134 Å². The summed E-state index contributed by atoms with van der Waals surface area (Å²) in [7, 11) is 0. The van der Waals surface area contributed by atoms with E-state index in [0.29, 0.717) is 21.8 Å². The van der Waals surface area contributed by atoms with Crippen LogP contribution >= 0.6 is 23.2 Å². The van der Waals surface area contributed by atoms with Gasteiger partial charge in [-0.1, -0.05) is 23.2 Å². The topological polar surface area (TPSA) is 44.4 Å². The van der Waals surface area contributed by atoms with Gasteiger partial charge in [0.05, 0.1) is 10.0 Å². The van der Waals surface area contributed by atoms with Gasteiger partial charge in [-0.05, 0) is 50.4 Å². The molecule has 0 radical (unpaired) electrons. The minimum Gasteiger partial charge on any atom is -0.335 e. The lowest BCUT2D eigenvalue weighted by atomic mass is 9.98. The Balaban J connectivity index is 1.53. The molecule has 0 saturated carbocycles. The number of piperidine rings is 1. The van der Waals surface area contributed by atoms with Gasteiger partial charge in [-0.15, -0.1) is 0 Å². The van der Waals surface area contributed by atoms with Crippen LogP contribution in [0.1, 0.15) is 25.7 Å². The zero-order chi connectivity index (χ0) is 14.8. The highest BCUT2D eigenvalue weighted by Gasteiger charge is 2.32. The zero-order valence-corrected chi connectivity index (χ0v) is 13.3. The summed E-state index contributed by atoms with van der Waals surface area (Å²) in [6.45, 7) is 2.30. The average Bonchev–Trinajstić information content (AvgIpc) is 2.90. The molecule has 2 N–H and O–H groups in total. The molecular weight excluding hydrogens is 309 g/mol. The highest BCUT2D eigenvalue weighted by Crippen LogP contribution is 2.27. The van der Waals surface area contributed by atoms with E-state index in [4.69, 9.17) is 23.2 Å². The van der Waals surface area contributed by atoms with Gasteiger partial charge in [-0.25, -0.2) is 4.79 Å². The number of carbonyl (C=O) groups excluding carboxylic acids is 1. The van der Waals surface area contributed by atoms with Crippen molar-refractivity contribution in [2.75, 3.05) is 18.4 Å². The van der Waals surface area contributed by atoms with Gasteiger partial charge in [0.1, 0.15) is 0 Å². The summed E-state index contributed by atoms with van der Waals surface area (Å²) in [5, 5.41) is 6.79. The Kier molecular flexibility index (Phi) is 4.57. The third-order valence-electron chi connectivity index (χ3n) is 4.33. The third kappa shape index (κ3) is 3.62. The van der Waals surface area contributed by atoms with Gasteiger partial charge in [-0.2, -0.15) is 0 Å². The Bertz CT molecular complexity index is 538. The van der Waals surface area contributed by atoms with Crippen LogP contribution in [0.4, 0.5) is 10.5 Å². The van der Waals surface area contributed by atoms with Crippen molar-refractivity contribution in [3.05, 3.63) is 28.2 Å². The molecule has 0 unspecified atom stereocenters. The number of fused-ring (bicyclic) bond motifs is 1. The van der Waals surface area contributed by atoms with E-state index in [2.05, 4.69) is 15.5 Å². The van der Waals surface area contributed by atoms with Crippen LogP contribution in [-0.4, -0.2) is 36.1 Å². The van der Waals surface area contributed by atoms with E-state index in [1.54, 1.807) is 18.2 Å². The maximum Gasteiger partial charge on any atom is 0.319 e. The van der Waals surface area contributed by atoms with Crippen LogP contribution in [0.3, 0.4) is 0 Å². The van der Waals surface area contributed by atoms with Crippen molar-refractivity contribution < 1.29 is 4.79 Å². The molecule has 0 spiro atoms. The second-order valence-corrected chi connectivity index (χ2v) is 6.60. The quantitative estimate of drug-likeness (QED) is 0.869. The van der Waals surface area contributed by atoms with Gasteiger partial charge in [-0.3, -0.25) is 0 Å². The summed E-state index contributed by atoms with van der Waals surface area (Å²) >= 11 is 11.8. The van der Waals surface area contributed by atoms with E-state index in [1.807, 2.05) is 0 Å². The minimum absolute atomic E-state index is 0.176. The van der Waals surface area contributed by atoms with Gasteiger partial charge in [0, 0.05) is 24.3 Å². The van der Waals surface area contributed by atoms with Crippen LogP contribution in [0.15, 0.2) is 18.2 Å². The number of hydrogen-bond donors (Lipinski definition) is 2. The number of amides is 2. The van der Waals surface area contributed by atoms with Gasteiger partial charge in [0.2, 0.25) is 0 Å². The molecule has 114 valence electrons. The summed E-state index contributed by atoms with van der Waals surface area (Å²) in [6, 6.07) is 5.80. The average molecular weight is 328 g/mol. The molecule has 21 heavy (non-hydrogen) atoms. The highest BCUT2D eigenvalue weighted by molar-refractivity contribution is 6.42. The van der Waals surface area contributed by atoms with E-state index in [-0.39, 0.29) is 12.1 Å². The van der Waals surface area contributed by atoms with Crippen molar-refractivity contribution in [3.63, 3.8) is 0 Å². The Morgan fingerprint density at radius 2 is 2.05 bits per heavy atom. The SMILES string of the molecule is O=C(Nc1ccc(Cl)c(Cl)c1)N[C@@H]1CCN2CCC[C@H]2C1. The monoisotopic (exact) mass is 327 g/mol. The van der Waals surface area contributed by atoms with Gasteiger partial charge < -0.3 is 15.5 Å². The lowest BCUT2D eigenvalue weighted by Gasteiger charge is -2.35. The van der Waals surface area contributed by atoms with Gasteiger partial charge in [0.15, 0.2) is 0 Å². The van der Waals surface area contributed by atoms with E-state index in [9.17, 15) is 4.79 Å². The Morgan fingerprint density at radius 3 is 2.86 bits per heavy atom. The molecule has 2 atom stereocenters. The number of nitrogens with zero attached hydrogens (tertiary/aromatic N) is 1. The van der Waals surface area contributed by atoms with E-state index < -0.39 is 0 Å². The summed E-state index contributed by atoms with van der Waals surface area (Å²) in [4.78, 5) is 14.6. The fraction of sp³-hybridized carbons (Fsp3) is 0.533. The van der Waals surface area contributed by atoms with Crippen molar-refractivity contribution in [1.82, 2.24) is 10.2 Å². The first-order chi connectivity index (χ1) is 10.1. The van der Waals surface area contributed by atoms with Crippen LogP contribution in [0.2, 0.25) is 10.0 Å². The second kappa shape index (κ2) is 6.42. The van der Waals surface area contributed by atoms with E-state index >= 15 is 0 Å². The standard InChI is InChI=1S/C15H19Cl2N3O/c16-13-4-3-10(9-14(13)17)18-15(21)19-11-5-7-20-6-1-2-12(20)8-11/h3-4,9,11-12H,1-2,5-8H2,(H2,18,19,21)/t11-,12+/m1/s1. The first-order valence-electron chi connectivity index (χ1n) is 7.38. The molecular formula is C15H19Cl2N3O. The molecule has 4 nitrogen and oxygen atoms in total. The number of urea groups is 1. The van der Waals surface area contributed by atoms with Gasteiger partial charge >= 0.3 is 6.03 Å². The molecule has 6 heteroatoms. The third-order valence-corrected chi connectivity index (χ3v) is 5.07. The predicted molar refractivity (Wildman–Crippen MR) is 86.2 cm³/mol. The maximum absolute atomic E-state index is 12.1. The Morgan fingerprint density at radius 1 is 1.19 bits per heavy atom. The lowest BCUT2D eigenvalue weighted by molar-refractivity contribution is 0.168. The number of benzene rings is 1. The number of rotatable bonds is 2. The molecule has 0 aromatic heterocycles. The van der Waals surface area contributed by atoms with E-state index in [1.165, 1.54) is 19.4 Å². The van der Waals surface area contributed by atoms with Crippen molar-refractivity contribution in [2.45, 2.75) is 37.8 Å². The largest absolute Gasteiger partial charge is 0.335 e. The molecule has 2 heterocycles. The van der Waals surface area contributed by atoms with Crippen molar-refractivity contribution in [1.29, 1.82) is 0 Å². The summed E-state index contributed by atoms with van der Waals surface area (Å²) in [6.07, 6.45) is 4.61. The number of carbonyl (C=O) groups is 1. The lowest BCUT2D eigenvalue weighted by Crippen LogP contribution is -2.48. The molecule has 1 aromatic rings. The fourth-order valence-corrected chi connectivity index (χ4v) is 3.58. The molecule has 0 bridgehead atoms. The van der Waals surface area contributed by atoms with Crippen LogP contribution in [-0.2, 0) is 0 Å². The highest BCUT2D eigenvalue weighted by atomic mass is 35.5. The van der Waals surface area contributed by atoms with Crippen LogP contribution < -0.4 is 10.6 Å². The number of hydrogen-bond acceptors (Lipinski definition) is 2. The number of halogens is 2. The summed E-state index contributed by atoms with van der Waals surface area (Å²) < 4.78 is 0.